The molecule has 5 nitrogen and oxygen atoms in total. The van der Waals surface area contributed by atoms with Gasteiger partial charge in [-0.25, -0.2) is 0 Å². The maximum atomic E-state index is 6.30. The number of thioether (sulfide) groups is 1. The summed E-state index contributed by atoms with van der Waals surface area (Å²) in [7, 11) is 1.68. The summed E-state index contributed by atoms with van der Waals surface area (Å²) in [6.45, 7) is 2.85. The van der Waals surface area contributed by atoms with Crippen LogP contribution in [0.2, 0.25) is 0 Å². The molecule has 3 aliphatic heterocycles. The third-order valence-electron chi connectivity index (χ3n) is 5.90. The zero-order valence-electron chi connectivity index (χ0n) is 17.5. The summed E-state index contributed by atoms with van der Waals surface area (Å²) < 4.78 is 23.8. The van der Waals surface area contributed by atoms with Crippen molar-refractivity contribution in [1.82, 2.24) is 0 Å². The van der Waals surface area contributed by atoms with Gasteiger partial charge in [0, 0.05) is 12.8 Å². The number of fused-ring (bicyclic) bond motifs is 2. The lowest BCUT2D eigenvalue weighted by Gasteiger charge is -2.42. The molecule has 5 atom stereocenters. The largest absolute Gasteiger partial charge is 0.497 e. The molecule has 0 aliphatic carbocycles. The second kappa shape index (κ2) is 10.3. The number of nitrogens with zero attached hydrogens (tertiary/aromatic N) is 1. The maximum Gasteiger partial charge on any atom is 0.162 e. The standard InChI is InChI=1S/C23H33NO4S/c1-3-4-5-6-7-8-21-24-18-14-19-20(28-23(18)29-21)15-26-22(27-19)13-16-9-11-17(25-2)12-10-16/h9-12,18-20,22-23H,3-8,13-15H2,1-2H3. The van der Waals surface area contributed by atoms with Crippen molar-refractivity contribution >= 4 is 16.8 Å². The van der Waals surface area contributed by atoms with Crippen molar-refractivity contribution in [3.8, 4) is 5.75 Å². The Labute approximate surface area is 178 Å². The molecule has 3 heterocycles. The quantitative estimate of drug-likeness (QED) is 0.529. The molecular formula is C23H33NO4S. The second-order valence-electron chi connectivity index (χ2n) is 8.14. The molecule has 0 N–H and O–H groups in total. The topological polar surface area (TPSA) is 49.3 Å². The van der Waals surface area contributed by atoms with Gasteiger partial charge in [-0.1, -0.05) is 56.5 Å². The molecule has 4 rings (SSSR count). The van der Waals surface area contributed by atoms with Gasteiger partial charge in [0.2, 0.25) is 0 Å². The minimum absolute atomic E-state index is 0.0231. The lowest BCUT2D eigenvalue weighted by atomic mass is 10.0. The number of rotatable bonds is 9. The number of hydrogen-bond acceptors (Lipinski definition) is 6. The summed E-state index contributed by atoms with van der Waals surface area (Å²) in [5, 5.41) is 1.27. The van der Waals surface area contributed by atoms with Crippen molar-refractivity contribution in [2.45, 2.75) is 88.3 Å². The van der Waals surface area contributed by atoms with Crippen molar-refractivity contribution in [3.05, 3.63) is 29.8 Å². The number of benzene rings is 1. The normalized spacial score (nSPS) is 31.1. The third kappa shape index (κ3) is 5.54. The average molecular weight is 420 g/mol. The molecular weight excluding hydrogens is 386 g/mol. The van der Waals surface area contributed by atoms with Crippen molar-refractivity contribution in [3.63, 3.8) is 0 Å². The molecule has 160 valence electrons. The molecule has 1 aromatic carbocycles. The molecule has 5 unspecified atom stereocenters. The van der Waals surface area contributed by atoms with E-state index in [1.54, 1.807) is 7.11 Å². The molecule has 2 saturated heterocycles. The third-order valence-corrected chi connectivity index (χ3v) is 7.14. The van der Waals surface area contributed by atoms with Gasteiger partial charge in [0.15, 0.2) is 6.29 Å². The monoisotopic (exact) mass is 419 g/mol. The highest BCUT2D eigenvalue weighted by Crippen LogP contribution is 2.40. The Bertz CT molecular complexity index is 680. The van der Waals surface area contributed by atoms with Gasteiger partial charge in [0.25, 0.3) is 0 Å². The zero-order valence-corrected chi connectivity index (χ0v) is 18.4. The Balaban J connectivity index is 1.26. The fourth-order valence-corrected chi connectivity index (χ4v) is 5.47. The molecule has 0 radical (unpaired) electrons. The van der Waals surface area contributed by atoms with E-state index in [0.717, 1.165) is 25.0 Å². The highest BCUT2D eigenvalue weighted by atomic mass is 32.2. The average Bonchev–Trinajstić information content (AvgIpc) is 3.14. The van der Waals surface area contributed by atoms with E-state index >= 15 is 0 Å². The summed E-state index contributed by atoms with van der Waals surface area (Å²) in [5.74, 6) is 0.865. The number of hydrogen-bond donors (Lipinski definition) is 0. The number of methoxy groups -OCH3 is 1. The molecule has 2 fully saturated rings. The minimum Gasteiger partial charge on any atom is -0.497 e. The van der Waals surface area contributed by atoms with E-state index in [0.29, 0.717) is 6.61 Å². The summed E-state index contributed by atoms with van der Waals surface area (Å²) in [6.07, 6.45) is 9.15. The van der Waals surface area contributed by atoms with E-state index in [-0.39, 0.29) is 30.0 Å². The van der Waals surface area contributed by atoms with E-state index in [1.807, 2.05) is 23.9 Å². The van der Waals surface area contributed by atoms with Crippen LogP contribution in [0.15, 0.2) is 29.3 Å². The minimum atomic E-state index is -0.221. The molecule has 0 bridgehead atoms. The van der Waals surface area contributed by atoms with E-state index in [2.05, 4.69) is 19.1 Å². The van der Waals surface area contributed by atoms with Gasteiger partial charge in [-0.3, -0.25) is 4.99 Å². The van der Waals surface area contributed by atoms with Crippen molar-refractivity contribution in [2.24, 2.45) is 4.99 Å². The number of aliphatic imine (C=N–C) groups is 1. The summed E-state index contributed by atoms with van der Waals surface area (Å²) >= 11 is 1.83. The first-order valence-corrected chi connectivity index (χ1v) is 11.9. The van der Waals surface area contributed by atoms with Crippen molar-refractivity contribution in [2.75, 3.05) is 13.7 Å². The van der Waals surface area contributed by atoms with Gasteiger partial charge in [-0.05, 0) is 30.5 Å². The highest BCUT2D eigenvalue weighted by molar-refractivity contribution is 8.14. The van der Waals surface area contributed by atoms with Gasteiger partial charge in [0.05, 0.1) is 30.9 Å². The van der Waals surface area contributed by atoms with Gasteiger partial charge in [-0.2, -0.15) is 0 Å². The Kier molecular flexibility index (Phi) is 7.51. The van der Waals surface area contributed by atoms with Crippen LogP contribution in [0.3, 0.4) is 0 Å². The SMILES string of the molecule is CCCCCCCC1=NC2CC3OC(Cc4ccc(OC)cc4)OCC3OC2S1. The Morgan fingerprint density at radius 2 is 1.90 bits per heavy atom. The van der Waals surface area contributed by atoms with E-state index in [4.69, 9.17) is 23.9 Å². The number of unbranched alkanes of at least 4 members (excludes halogenated alkanes) is 4. The van der Waals surface area contributed by atoms with E-state index in [9.17, 15) is 0 Å². The van der Waals surface area contributed by atoms with Crippen LogP contribution in [-0.4, -0.2) is 48.7 Å². The van der Waals surface area contributed by atoms with Gasteiger partial charge in [-0.15, -0.1) is 0 Å². The van der Waals surface area contributed by atoms with Crippen LogP contribution in [0.5, 0.6) is 5.75 Å². The molecule has 0 spiro atoms. The first kappa shape index (κ1) is 21.2. The van der Waals surface area contributed by atoms with Crippen LogP contribution in [0.25, 0.3) is 0 Å². The van der Waals surface area contributed by atoms with E-state index in [1.165, 1.54) is 42.7 Å². The summed E-state index contributed by atoms with van der Waals surface area (Å²) in [6, 6.07) is 8.31. The summed E-state index contributed by atoms with van der Waals surface area (Å²) in [5.41, 5.74) is 1.33. The van der Waals surface area contributed by atoms with Crippen LogP contribution >= 0.6 is 11.8 Å². The predicted octanol–water partition coefficient (Wildman–Crippen LogP) is 4.97. The fourth-order valence-electron chi connectivity index (χ4n) is 4.21. The Hall–Kier alpha value is -1.08. The molecule has 3 aliphatic rings. The Morgan fingerprint density at radius 1 is 1.07 bits per heavy atom. The van der Waals surface area contributed by atoms with Gasteiger partial charge in [0.1, 0.15) is 17.3 Å². The summed E-state index contributed by atoms with van der Waals surface area (Å²) in [4.78, 5) is 4.97. The van der Waals surface area contributed by atoms with Crippen LogP contribution in [0.1, 0.15) is 57.4 Å². The highest BCUT2D eigenvalue weighted by Gasteiger charge is 2.45. The number of ether oxygens (including phenoxy) is 4. The molecule has 0 saturated carbocycles. The van der Waals surface area contributed by atoms with Crippen LogP contribution in [-0.2, 0) is 20.6 Å². The van der Waals surface area contributed by atoms with E-state index < -0.39 is 0 Å². The van der Waals surface area contributed by atoms with Gasteiger partial charge >= 0.3 is 0 Å². The smallest absolute Gasteiger partial charge is 0.162 e. The van der Waals surface area contributed by atoms with Crippen LogP contribution in [0, 0.1) is 0 Å². The fraction of sp³-hybridized carbons (Fsp3) is 0.696. The first-order valence-electron chi connectivity index (χ1n) is 11.0. The Morgan fingerprint density at radius 3 is 2.69 bits per heavy atom. The first-order chi connectivity index (χ1) is 14.2. The zero-order chi connectivity index (χ0) is 20.1. The van der Waals surface area contributed by atoms with Gasteiger partial charge < -0.3 is 18.9 Å². The molecule has 0 amide bonds. The molecule has 1 aromatic rings. The molecule has 29 heavy (non-hydrogen) atoms. The maximum absolute atomic E-state index is 6.30. The van der Waals surface area contributed by atoms with Crippen molar-refractivity contribution in [1.29, 1.82) is 0 Å². The lowest BCUT2D eigenvalue weighted by molar-refractivity contribution is -0.277. The van der Waals surface area contributed by atoms with Crippen LogP contribution in [0.4, 0.5) is 0 Å². The predicted molar refractivity (Wildman–Crippen MR) is 117 cm³/mol. The van der Waals surface area contributed by atoms with Crippen molar-refractivity contribution < 1.29 is 18.9 Å². The molecule has 0 aromatic heterocycles. The molecule has 6 heteroatoms. The lowest BCUT2D eigenvalue weighted by Crippen LogP contribution is -2.53. The second-order valence-corrected chi connectivity index (χ2v) is 9.31. The van der Waals surface area contributed by atoms with Crippen LogP contribution < -0.4 is 4.74 Å².